The summed E-state index contributed by atoms with van der Waals surface area (Å²) in [5.74, 6) is 0.622. The molecule has 0 fully saturated rings. The maximum absolute atomic E-state index is 12.4. The number of unbranched alkanes of at least 4 members (excludes halogenated alkanes) is 5. The van der Waals surface area contributed by atoms with Gasteiger partial charge in [0.05, 0.1) is 19.1 Å². The third-order valence-electron chi connectivity index (χ3n) is 5.42. The summed E-state index contributed by atoms with van der Waals surface area (Å²) >= 11 is 0. The highest BCUT2D eigenvalue weighted by Gasteiger charge is 2.18. The number of ether oxygens (including phenoxy) is 2. The second-order valence-corrected chi connectivity index (χ2v) is 8.91. The Kier molecular flexibility index (Phi) is 13.5. The number of nitrogens with zero attached hydrogens (tertiary/aromatic N) is 1. The fourth-order valence-corrected chi connectivity index (χ4v) is 3.70. The summed E-state index contributed by atoms with van der Waals surface area (Å²) in [4.78, 5) is 26.7. The zero-order valence-electron chi connectivity index (χ0n) is 20.7. The smallest absolute Gasteiger partial charge is 0.308 e. The highest BCUT2D eigenvalue weighted by molar-refractivity contribution is 5.77. The molecule has 0 heterocycles. The second-order valence-electron chi connectivity index (χ2n) is 8.91. The molecule has 1 N–H and O–H groups in total. The lowest BCUT2D eigenvalue weighted by atomic mass is 10.1. The monoisotopic (exact) mass is 468 g/mol. The number of benzene rings is 2. The van der Waals surface area contributed by atoms with Gasteiger partial charge >= 0.3 is 5.97 Å². The maximum atomic E-state index is 12.4. The molecule has 0 saturated heterocycles. The van der Waals surface area contributed by atoms with Crippen LogP contribution in [0.3, 0.4) is 0 Å². The van der Waals surface area contributed by atoms with E-state index in [4.69, 9.17) is 9.47 Å². The van der Waals surface area contributed by atoms with Crippen molar-refractivity contribution < 1.29 is 19.1 Å². The number of hydrogen-bond donors (Lipinski definition) is 1. The Morgan fingerprint density at radius 1 is 0.853 bits per heavy atom. The number of esters is 1. The van der Waals surface area contributed by atoms with Gasteiger partial charge in [0.2, 0.25) is 5.91 Å². The molecule has 2 aromatic rings. The highest BCUT2D eigenvalue weighted by Crippen LogP contribution is 2.11. The number of carbonyl (C=O) groups excluding carboxylic acids is 2. The summed E-state index contributed by atoms with van der Waals surface area (Å²) in [5.41, 5.74) is 0.952. The average molecular weight is 469 g/mol. The summed E-state index contributed by atoms with van der Waals surface area (Å²) in [5, 5.41) is 3.01. The van der Waals surface area contributed by atoms with E-state index in [-0.39, 0.29) is 30.9 Å². The van der Waals surface area contributed by atoms with Crippen LogP contribution in [0.5, 0.6) is 5.75 Å². The fourth-order valence-electron chi connectivity index (χ4n) is 3.70. The molecule has 0 radical (unpaired) electrons. The van der Waals surface area contributed by atoms with Gasteiger partial charge in [-0.1, -0.05) is 74.2 Å². The van der Waals surface area contributed by atoms with E-state index in [0.29, 0.717) is 13.0 Å². The minimum absolute atomic E-state index is 0.000953. The predicted octanol–water partition coefficient (Wildman–Crippen LogP) is 4.98. The number of nitrogens with one attached hydrogen (secondary N) is 1. The first kappa shape index (κ1) is 27.4. The van der Waals surface area contributed by atoms with Crippen molar-refractivity contribution in [3.05, 3.63) is 66.2 Å². The lowest BCUT2D eigenvalue weighted by molar-refractivity contribution is -0.145. The normalized spacial score (nSPS) is 11.7. The van der Waals surface area contributed by atoms with E-state index in [0.717, 1.165) is 56.4 Å². The first-order chi connectivity index (χ1) is 16.5. The molecular formula is C28H40N2O4. The van der Waals surface area contributed by atoms with Gasteiger partial charge in [0, 0.05) is 13.0 Å². The fraction of sp³-hybridized carbons (Fsp3) is 0.500. The SMILES string of the molecule is CN(C)C[C@@H](CC(=O)OCc1ccccc1)NC(=O)CCCCCCCCOc1ccccc1. The van der Waals surface area contributed by atoms with Crippen LogP contribution in [0.1, 0.15) is 56.9 Å². The number of rotatable bonds is 17. The summed E-state index contributed by atoms with van der Waals surface area (Å²) in [6, 6.07) is 19.2. The van der Waals surface area contributed by atoms with Gasteiger partial charge in [-0.05, 0) is 44.6 Å². The van der Waals surface area contributed by atoms with Crippen LogP contribution in [0.4, 0.5) is 0 Å². The van der Waals surface area contributed by atoms with Crippen molar-refractivity contribution >= 4 is 11.9 Å². The van der Waals surface area contributed by atoms with Crippen LogP contribution >= 0.6 is 0 Å². The van der Waals surface area contributed by atoms with E-state index in [1.54, 1.807) is 0 Å². The Hall–Kier alpha value is -2.86. The topological polar surface area (TPSA) is 67.9 Å². The van der Waals surface area contributed by atoms with Gasteiger partial charge in [-0.2, -0.15) is 0 Å². The molecule has 0 saturated carbocycles. The predicted molar refractivity (Wildman–Crippen MR) is 136 cm³/mol. The molecule has 0 aliphatic carbocycles. The van der Waals surface area contributed by atoms with E-state index in [2.05, 4.69) is 5.32 Å². The molecule has 0 spiro atoms. The molecule has 2 aromatic carbocycles. The molecular weight excluding hydrogens is 428 g/mol. The molecule has 0 aliphatic rings. The third-order valence-corrected chi connectivity index (χ3v) is 5.42. The number of carbonyl (C=O) groups is 2. The Morgan fingerprint density at radius 3 is 2.15 bits per heavy atom. The molecule has 1 amide bonds. The molecule has 186 valence electrons. The lowest BCUT2D eigenvalue weighted by Gasteiger charge is -2.22. The maximum Gasteiger partial charge on any atom is 0.308 e. The van der Waals surface area contributed by atoms with Crippen LogP contribution in [0.15, 0.2) is 60.7 Å². The Balaban J connectivity index is 1.54. The highest BCUT2D eigenvalue weighted by atomic mass is 16.5. The van der Waals surface area contributed by atoms with Gasteiger partial charge in [0.25, 0.3) is 0 Å². The Labute approximate surface area is 204 Å². The van der Waals surface area contributed by atoms with E-state index < -0.39 is 0 Å². The van der Waals surface area contributed by atoms with Crippen LogP contribution in [0, 0.1) is 0 Å². The van der Waals surface area contributed by atoms with Gasteiger partial charge in [-0.3, -0.25) is 9.59 Å². The summed E-state index contributed by atoms with van der Waals surface area (Å²) in [6.45, 7) is 1.59. The van der Waals surface area contributed by atoms with E-state index in [1.165, 1.54) is 0 Å². The molecule has 2 rings (SSSR count). The number of likely N-dealkylation sites (N-methyl/N-ethyl adjacent to an activating group) is 1. The van der Waals surface area contributed by atoms with Crippen LogP contribution in [0.2, 0.25) is 0 Å². The molecule has 34 heavy (non-hydrogen) atoms. The van der Waals surface area contributed by atoms with Crippen molar-refractivity contribution in [1.82, 2.24) is 10.2 Å². The molecule has 0 bridgehead atoms. The minimum Gasteiger partial charge on any atom is -0.494 e. The standard InChI is InChI=1S/C28H40N2O4/c1-30(2)22-25(21-28(32)34-23-24-15-9-7-10-16-24)29-27(31)19-13-5-3-4-6-14-20-33-26-17-11-8-12-18-26/h7-12,15-18,25H,3-6,13-14,19-23H2,1-2H3,(H,29,31)/t25-/m1/s1. The van der Waals surface area contributed by atoms with Crippen molar-refractivity contribution in [3.63, 3.8) is 0 Å². The van der Waals surface area contributed by atoms with Crippen LogP contribution < -0.4 is 10.1 Å². The molecule has 6 nitrogen and oxygen atoms in total. The van der Waals surface area contributed by atoms with Crippen LogP contribution in [-0.4, -0.2) is 50.1 Å². The summed E-state index contributed by atoms with van der Waals surface area (Å²) in [6.07, 6.45) is 6.99. The quantitative estimate of drug-likeness (QED) is 0.262. The summed E-state index contributed by atoms with van der Waals surface area (Å²) < 4.78 is 11.1. The van der Waals surface area contributed by atoms with Crippen molar-refractivity contribution in [1.29, 1.82) is 0 Å². The van der Waals surface area contributed by atoms with Crippen molar-refractivity contribution in [2.24, 2.45) is 0 Å². The molecule has 6 heteroatoms. The molecule has 0 aliphatic heterocycles. The largest absolute Gasteiger partial charge is 0.494 e. The minimum atomic E-state index is -0.299. The van der Waals surface area contributed by atoms with Gasteiger partial charge in [-0.15, -0.1) is 0 Å². The van der Waals surface area contributed by atoms with Gasteiger partial charge in [0.1, 0.15) is 12.4 Å². The zero-order chi connectivity index (χ0) is 24.4. The molecule has 1 atom stereocenters. The molecule has 0 unspecified atom stereocenters. The number of hydrogen-bond acceptors (Lipinski definition) is 5. The number of para-hydroxylation sites is 1. The first-order valence-corrected chi connectivity index (χ1v) is 12.3. The second kappa shape index (κ2) is 16.7. The van der Waals surface area contributed by atoms with Gasteiger partial charge in [0.15, 0.2) is 0 Å². The van der Waals surface area contributed by atoms with Crippen molar-refractivity contribution in [2.75, 3.05) is 27.2 Å². The van der Waals surface area contributed by atoms with Crippen molar-refractivity contribution in [3.8, 4) is 5.75 Å². The first-order valence-electron chi connectivity index (χ1n) is 12.3. The van der Waals surface area contributed by atoms with E-state index in [9.17, 15) is 9.59 Å². The van der Waals surface area contributed by atoms with Crippen LogP contribution in [-0.2, 0) is 20.9 Å². The Bertz CT molecular complexity index is 812. The van der Waals surface area contributed by atoms with Gasteiger partial charge in [-0.25, -0.2) is 0 Å². The summed E-state index contributed by atoms with van der Waals surface area (Å²) in [7, 11) is 3.86. The van der Waals surface area contributed by atoms with Crippen molar-refractivity contribution in [2.45, 2.75) is 64.0 Å². The van der Waals surface area contributed by atoms with Gasteiger partial charge < -0.3 is 19.7 Å². The van der Waals surface area contributed by atoms with E-state index >= 15 is 0 Å². The average Bonchev–Trinajstić information content (AvgIpc) is 2.82. The van der Waals surface area contributed by atoms with Crippen LogP contribution in [0.25, 0.3) is 0 Å². The van der Waals surface area contributed by atoms with E-state index in [1.807, 2.05) is 79.7 Å². The Morgan fingerprint density at radius 2 is 1.47 bits per heavy atom. The zero-order valence-corrected chi connectivity index (χ0v) is 20.7. The molecule has 0 aromatic heterocycles. The lowest BCUT2D eigenvalue weighted by Crippen LogP contribution is -2.43. The number of amides is 1. The third kappa shape index (κ3) is 13.0.